The molecule has 0 aliphatic carbocycles. The number of ether oxygens (including phenoxy) is 1. The summed E-state index contributed by atoms with van der Waals surface area (Å²) >= 11 is 0. The minimum atomic E-state index is -0.407. The molecule has 4 nitrogen and oxygen atoms in total. The van der Waals surface area contributed by atoms with Crippen LogP contribution in [0, 0.1) is 0 Å². The topological polar surface area (TPSA) is 59.7 Å². The molecule has 110 valence electrons. The van der Waals surface area contributed by atoms with E-state index in [1.165, 1.54) is 13.2 Å². The van der Waals surface area contributed by atoms with E-state index in [4.69, 9.17) is 9.15 Å². The molecule has 1 N–H and O–H groups in total. The molecule has 0 fully saturated rings. The Morgan fingerprint density at radius 1 is 1.23 bits per heavy atom. The maximum absolute atomic E-state index is 12.6. The van der Waals surface area contributed by atoms with Crippen LogP contribution in [-0.4, -0.2) is 12.2 Å². The lowest BCUT2D eigenvalue weighted by Crippen LogP contribution is -2.08. The van der Waals surface area contributed by atoms with Crippen molar-refractivity contribution < 1.29 is 14.3 Å². The molecule has 1 aromatic heterocycles. The van der Waals surface area contributed by atoms with E-state index in [1.54, 1.807) is 12.1 Å². The first kappa shape index (κ1) is 13.9. The second kappa shape index (κ2) is 5.41. The lowest BCUT2D eigenvalue weighted by Gasteiger charge is -2.10. The van der Waals surface area contributed by atoms with E-state index in [1.807, 2.05) is 30.3 Å². The van der Waals surface area contributed by atoms with Crippen molar-refractivity contribution >= 4 is 17.0 Å². The normalized spacial score (nSPS) is 10.6. The molecule has 0 spiro atoms. The minimum absolute atomic E-state index is 0.0698. The van der Waals surface area contributed by atoms with E-state index >= 15 is 0 Å². The SMILES string of the molecule is C=Cc1cc(O)c2c(=O)c(OC)c(-c3ccccc3)oc2c1. The molecule has 1 heterocycles. The zero-order valence-electron chi connectivity index (χ0n) is 12.0. The molecule has 0 radical (unpaired) electrons. The van der Waals surface area contributed by atoms with E-state index in [9.17, 15) is 9.90 Å². The minimum Gasteiger partial charge on any atom is -0.507 e. The number of aromatic hydroxyl groups is 1. The fraction of sp³-hybridized carbons (Fsp3) is 0.0556. The molecule has 0 aliphatic heterocycles. The van der Waals surface area contributed by atoms with E-state index in [0.29, 0.717) is 16.9 Å². The maximum atomic E-state index is 12.6. The molecule has 0 bridgehead atoms. The summed E-state index contributed by atoms with van der Waals surface area (Å²) in [5.74, 6) is 0.251. The van der Waals surface area contributed by atoms with Gasteiger partial charge >= 0.3 is 0 Å². The first-order valence-electron chi connectivity index (χ1n) is 6.71. The van der Waals surface area contributed by atoms with Gasteiger partial charge in [-0.1, -0.05) is 43.0 Å². The Kier molecular flexibility index (Phi) is 3.43. The second-order valence-electron chi connectivity index (χ2n) is 4.78. The number of phenols is 1. The van der Waals surface area contributed by atoms with Crippen LogP contribution in [0.15, 0.2) is 58.3 Å². The van der Waals surface area contributed by atoms with Crippen LogP contribution in [0.3, 0.4) is 0 Å². The van der Waals surface area contributed by atoms with E-state index in [2.05, 4.69) is 6.58 Å². The highest BCUT2D eigenvalue weighted by Gasteiger charge is 2.19. The van der Waals surface area contributed by atoms with Gasteiger partial charge in [-0.25, -0.2) is 0 Å². The van der Waals surface area contributed by atoms with Crippen LogP contribution < -0.4 is 10.2 Å². The maximum Gasteiger partial charge on any atom is 0.238 e. The molecule has 0 amide bonds. The molecule has 0 unspecified atom stereocenters. The van der Waals surface area contributed by atoms with Crippen molar-refractivity contribution in [3.05, 3.63) is 64.8 Å². The Balaban J connectivity index is 2.43. The quantitative estimate of drug-likeness (QED) is 0.797. The third-order valence-electron chi connectivity index (χ3n) is 3.43. The fourth-order valence-corrected chi connectivity index (χ4v) is 2.39. The van der Waals surface area contributed by atoms with Crippen molar-refractivity contribution in [3.8, 4) is 22.8 Å². The van der Waals surface area contributed by atoms with Crippen LogP contribution in [0.5, 0.6) is 11.5 Å². The molecular formula is C18H14O4. The summed E-state index contributed by atoms with van der Waals surface area (Å²) in [6.07, 6.45) is 1.57. The van der Waals surface area contributed by atoms with Gasteiger partial charge in [-0.05, 0) is 17.7 Å². The van der Waals surface area contributed by atoms with E-state index in [-0.39, 0.29) is 16.9 Å². The molecule has 0 saturated heterocycles. The highest BCUT2D eigenvalue weighted by Crippen LogP contribution is 2.34. The number of fused-ring (bicyclic) bond motifs is 1. The highest BCUT2D eigenvalue weighted by atomic mass is 16.5. The van der Waals surface area contributed by atoms with Crippen molar-refractivity contribution in [2.75, 3.05) is 7.11 Å². The Morgan fingerprint density at radius 2 is 1.95 bits per heavy atom. The van der Waals surface area contributed by atoms with Crippen molar-refractivity contribution in [1.29, 1.82) is 0 Å². The monoisotopic (exact) mass is 294 g/mol. The van der Waals surface area contributed by atoms with Gasteiger partial charge in [0.2, 0.25) is 11.2 Å². The van der Waals surface area contributed by atoms with Gasteiger partial charge in [-0.15, -0.1) is 0 Å². The smallest absolute Gasteiger partial charge is 0.238 e. The van der Waals surface area contributed by atoms with E-state index in [0.717, 1.165) is 5.56 Å². The molecule has 0 atom stereocenters. The number of hydrogen-bond donors (Lipinski definition) is 1. The first-order chi connectivity index (χ1) is 10.7. The summed E-state index contributed by atoms with van der Waals surface area (Å²) in [5.41, 5.74) is 1.27. The van der Waals surface area contributed by atoms with Crippen molar-refractivity contribution in [1.82, 2.24) is 0 Å². The van der Waals surface area contributed by atoms with Gasteiger partial charge in [0.1, 0.15) is 16.7 Å². The lowest BCUT2D eigenvalue weighted by atomic mass is 10.1. The largest absolute Gasteiger partial charge is 0.507 e. The summed E-state index contributed by atoms with van der Waals surface area (Å²) in [4.78, 5) is 12.6. The number of methoxy groups -OCH3 is 1. The Morgan fingerprint density at radius 3 is 2.59 bits per heavy atom. The molecule has 22 heavy (non-hydrogen) atoms. The molecule has 0 aliphatic rings. The predicted molar refractivity (Wildman–Crippen MR) is 86.2 cm³/mol. The summed E-state index contributed by atoms with van der Waals surface area (Å²) in [5, 5.41) is 10.2. The van der Waals surface area contributed by atoms with Gasteiger partial charge in [0.05, 0.1) is 7.11 Å². The number of rotatable bonds is 3. The van der Waals surface area contributed by atoms with Crippen LogP contribution >= 0.6 is 0 Å². The van der Waals surface area contributed by atoms with Crippen LogP contribution in [0.4, 0.5) is 0 Å². The fourth-order valence-electron chi connectivity index (χ4n) is 2.39. The van der Waals surface area contributed by atoms with Crippen molar-refractivity contribution in [2.24, 2.45) is 0 Å². The summed E-state index contributed by atoms with van der Waals surface area (Å²) in [6.45, 7) is 3.66. The van der Waals surface area contributed by atoms with E-state index < -0.39 is 5.43 Å². The standard InChI is InChI=1S/C18H14O4/c1-3-11-9-13(19)15-14(10-11)22-17(18(21-2)16(15)20)12-7-5-4-6-8-12/h3-10,19H,1H2,2H3. The average Bonchev–Trinajstić information content (AvgIpc) is 2.54. The predicted octanol–water partition coefficient (Wildman–Crippen LogP) is 3.82. The highest BCUT2D eigenvalue weighted by molar-refractivity contribution is 5.88. The van der Waals surface area contributed by atoms with Crippen molar-refractivity contribution in [3.63, 3.8) is 0 Å². The molecule has 3 aromatic rings. The number of hydrogen-bond acceptors (Lipinski definition) is 4. The van der Waals surface area contributed by atoms with Gasteiger partial charge in [-0.2, -0.15) is 0 Å². The lowest BCUT2D eigenvalue weighted by molar-refractivity contribution is 0.398. The van der Waals surface area contributed by atoms with Crippen LogP contribution in [0.1, 0.15) is 5.56 Å². The molecule has 3 rings (SSSR count). The Hall–Kier alpha value is -3.01. The Labute approximate surface area is 126 Å². The third-order valence-corrected chi connectivity index (χ3v) is 3.43. The van der Waals surface area contributed by atoms with Crippen molar-refractivity contribution in [2.45, 2.75) is 0 Å². The van der Waals surface area contributed by atoms with Gasteiger partial charge in [0.25, 0.3) is 0 Å². The average molecular weight is 294 g/mol. The second-order valence-corrected chi connectivity index (χ2v) is 4.78. The third kappa shape index (κ3) is 2.15. The number of benzene rings is 2. The molecule has 2 aromatic carbocycles. The van der Waals surface area contributed by atoms with Gasteiger partial charge in [0.15, 0.2) is 5.76 Å². The molecule has 0 saturated carbocycles. The summed E-state index contributed by atoms with van der Waals surface area (Å²) in [7, 11) is 1.40. The van der Waals surface area contributed by atoms with Crippen LogP contribution in [0.25, 0.3) is 28.4 Å². The molecular weight excluding hydrogens is 280 g/mol. The van der Waals surface area contributed by atoms with Gasteiger partial charge < -0.3 is 14.3 Å². The summed E-state index contributed by atoms with van der Waals surface area (Å²) < 4.78 is 11.1. The molecule has 4 heteroatoms. The summed E-state index contributed by atoms with van der Waals surface area (Å²) in [6, 6.07) is 12.3. The van der Waals surface area contributed by atoms with Crippen LogP contribution in [0.2, 0.25) is 0 Å². The zero-order valence-corrected chi connectivity index (χ0v) is 12.0. The zero-order chi connectivity index (χ0) is 15.7. The van der Waals surface area contributed by atoms with Gasteiger partial charge in [-0.3, -0.25) is 4.79 Å². The van der Waals surface area contributed by atoms with Gasteiger partial charge in [0, 0.05) is 5.56 Å². The Bertz CT molecular complexity index is 908. The first-order valence-corrected chi connectivity index (χ1v) is 6.71. The van der Waals surface area contributed by atoms with Crippen LogP contribution in [-0.2, 0) is 0 Å². The number of phenolic OH excluding ortho intramolecular Hbond substituents is 1.